The number of hydrogen-bond acceptors (Lipinski definition) is 1. The predicted octanol–water partition coefficient (Wildman–Crippen LogP) is 4.79. The van der Waals surface area contributed by atoms with E-state index in [1.165, 1.54) is 11.6 Å². The molecule has 0 spiro atoms. The highest BCUT2D eigenvalue weighted by Gasteiger charge is 2.15. The van der Waals surface area contributed by atoms with Crippen molar-refractivity contribution in [2.45, 2.75) is 32.8 Å². The normalized spacial score (nSPS) is 12.4. The van der Waals surface area contributed by atoms with Crippen molar-refractivity contribution in [1.29, 1.82) is 0 Å². The van der Waals surface area contributed by atoms with E-state index in [1.54, 1.807) is 12.1 Å². The molecule has 0 fully saturated rings. The van der Waals surface area contributed by atoms with Crippen molar-refractivity contribution in [3.63, 3.8) is 0 Å². The predicted molar refractivity (Wildman–Crippen MR) is 83.4 cm³/mol. The summed E-state index contributed by atoms with van der Waals surface area (Å²) in [7, 11) is 0. The van der Waals surface area contributed by atoms with Gasteiger partial charge in [0.1, 0.15) is 11.9 Å². The largest absolute Gasteiger partial charge is 0.384 e. The van der Waals surface area contributed by atoms with Gasteiger partial charge in [0, 0.05) is 0 Å². The van der Waals surface area contributed by atoms with Crippen LogP contribution in [-0.4, -0.2) is 5.11 Å². The zero-order chi connectivity index (χ0) is 14.7. The summed E-state index contributed by atoms with van der Waals surface area (Å²) in [4.78, 5) is 0. The fourth-order valence-electron chi connectivity index (χ4n) is 2.30. The van der Waals surface area contributed by atoms with E-state index in [0.717, 1.165) is 24.0 Å². The number of aliphatic hydroxyl groups excluding tert-OH is 1. The van der Waals surface area contributed by atoms with Crippen LogP contribution in [0.15, 0.2) is 40.9 Å². The number of aryl methyl sites for hydroxylation is 2. The Labute approximate surface area is 127 Å². The Morgan fingerprint density at radius 2 is 1.85 bits per heavy atom. The van der Waals surface area contributed by atoms with Gasteiger partial charge in [-0.25, -0.2) is 4.39 Å². The molecule has 1 N–H and O–H groups in total. The Morgan fingerprint density at radius 1 is 1.10 bits per heavy atom. The van der Waals surface area contributed by atoms with E-state index in [0.29, 0.717) is 10.0 Å². The highest BCUT2D eigenvalue weighted by Crippen LogP contribution is 2.29. The van der Waals surface area contributed by atoms with Gasteiger partial charge in [-0.05, 0) is 63.2 Å². The van der Waals surface area contributed by atoms with E-state index in [4.69, 9.17) is 0 Å². The quantitative estimate of drug-likeness (QED) is 0.850. The second-order valence-electron chi connectivity index (χ2n) is 4.82. The van der Waals surface area contributed by atoms with Gasteiger partial charge < -0.3 is 5.11 Å². The van der Waals surface area contributed by atoms with Crippen LogP contribution in [0.3, 0.4) is 0 Å². The minimum absolute atomic E-state index is 0.320. The molecule has 0 aliphatic rings. The maximum Gasteiger partial charge on any atom is 0.137 e. The first-order valence-corrected chi connectivity index (χ1v) is 7.60. The minimum atomic E-state index is -0.728. The fraction of sp³-hybridized carbons (Fsp3) is 0.294. The molecule has 0 aliphatic heterocycles. The molecule has 0 saturated heterocycles. The SMILES string of the molecule is CCc1ccc(CC)c(C(O)c2ccc(F)c(Br)c2)c1. The smallest absolute Gasteiger partial charge is 0.137 e. The fourth-order valence-corrected chi connectivity index (χ4v) is 2.70. The lowest BCUT2D eigenvalue weighted by Crippen LogP contribution is -2.05. The molecular formula is C17H18BrFO. The van der Waals surface area contributed by atoms with Crippen molar-refractivity contribution in [3.8, 4) is 0 Å². The summed E-state index contributed by atoms with van der Waals surface area (Å²) in [5.74, 6) is -0.320. The van der Waals surface area contributed by atoms with Crippen LogP contribution in [0, 0.1) is 5.82 Å². The number of rotatable bonds is 4. The Morgan fingerprint density at radius 3 is 2.45 bits per heavy atom. The Kier molecular flexibility index (Phi) is 4.95. The maximum atomic E-state index is 13.3. The second kappa shape index (κ2) is 6.51. The molecule has 0 saturated carbocycles. The lowest BCUT2D eigenvalue weighted by atomic mass is 9.93. The van der Waals surface area contributed by atoms with Crippen molar-refractivity contribution in [1.82, 2.24) is 0 Å². The van der Waals surface area contributed by atoms with E-state index >= 15 is 0 Å². The van der Waals surface area contributed by atoms with Crippen molar-refractivity contribution in [3.05, 3.63) is 68.9 Å². The Balaban J connectivity index is 2.45. The van der Waals surface area contributed by atoms with Crippen LogP contribution >= 0.6 is 15.9 Å². The van der Waals surface area contributed by atoms with Crippen LogP contribution in [0.4, 0.5) is 4.39 Å². The first-order valence-electron chi connectivity index (χ1n) is 6.81. The number of aliphatic hydroxyl groups is 1. The van der Waals surface area contributed by atoms with E-state index in [2.05, 4.69) is 41.9 Å². The van der Waals surface area contributed by atoms with Crippen LogP contribution in [0.5, 0.6) is 0 Å². The zero-order valence-electron chi connectivity index (χ0n) is 11.7. The number of benzene rings is 2. The van der Waals surface area contributed by atoms with Gasteiger partial charge in [-0.2, -0.15) is 0 Å². The van der Waals surface area contributed by atoms with E-state index in [-0.39, 0.29) is 5.82 Å². The highest BCUT2D eigenvalue weighted by atomic mass is 79.9. The first kappa shape index (κ1) is 15.2. The van der Waals surface area contributed by atoms with Gasteiger partial charge in [0.2, 0.25) is 0 Å². The molecule has 106 valence electrons. The molecule has 1 nitrogen and oxygen atoms in total. The molecule has 0 aliphatic carbocycles. The third-order valence-electron chi connectivity index (χ3n) is 3.55. The van der Waals surface area contributed by atoms with Crippen LogP contribution in [0.2, 0.25) is 0 Å². The lowest BCUT2D eigenvalue weighted by Gasteiger charge is -2.17. The molecule has 1 atom stereocenters. The molecule has 2 aromatic carbocycles. The van der Waals surface area contributed by atoms with Crippen molar-refractivity contribution >= 4 is 15.9 Å². The van der Waals surface area contributed by atoms with Crippen molar-refractivity contribution in [2.24, 2.45) is 0 Å². The molecule has 0 amide bonds. The van der Waals surface area contributed by atoms with Gasteiger partial charge in [-0.15, -0.1) is 0 Å². The van der Waals surface area contributed by atoms with E-state index < -0.39 is 6.10 Å². The molecule has 2 aromatic rings. The lowest BCUT2D eigenvalue weighted by molar-refractivity contribution is 0.219. The van der Waals surface area contributed by atoms with Crippen molar-refractivity contribution in [2.75, 3.05) is 0 Å². The maximum absolute atomic E-state index is 13.3. The summed E-state index contributed by atoms with van der Waals surface area (Å²) in [6.07, 6.45) is 1.06. The molecule has 0 bridgehead atoms. The third kappa shape index (κ3) is 3.10. The summed E-state index contributed by atoms with van der Waals surface area (Å²) in [6.45, 7) is 4.16. The highest BCUT2D eigenvalue weighted by molar-refractivity contribution is 9.10. The molecule has 1 unspecified atom stereocenters. The second-order valence-corrected chi connectivity index (χ2v) is 5.67. The molecule has 0 radical (unpaired) electrons. The van der Waals surface area contributed by atoms with Crippen molar-refractivity contribution < 1.29 is 9.50 Å². The molecule has 0 aromatic heterocycles. The van der Waals surface area contributed by atoms with E-state index in [9.17, 15) is 9.50 Å². The average molecular weight is 337 g/mol. The number of hydrogen-bond donors (Lipinski definition) is 1. The summed E-state index contributed by atoms with van der Waals surface area (Å²) < 4.78 is 13.7. The minimum Gasteiger partial charge on any atom is -0.384 e. The molecule has 20 heavy (non-hydrogen) atoms. The van der Waals surface area contributed by atoms with Crippen LogP contribution in [0.25, 0.3) is 0 Å². The standard InChI is InChI=1S/C17H18BrFO/c1-3-11-5-6-12(4-2)14(9-11)17(20)13-7-8-16(19)15(18)10-13/h5-10,17,20H,3-4H2,1-2H3. The van der Waals surface area contributed by atoms with Gasteiger partial charge in [0.25, 0.3) is 0 Å². The third-order valence-corrected chi connectivity index (χ3v) is 4.16. The summed E-state index contributed by atoms with van der Waals surface area (Å²) >= 11 is 3.16. The molecule has 3 heteroatoms. The topological polar surface area (TPSA) is 20.2 Å². The van der Waals surface area contributed by atoms with Crippen LogP contribution < -0.4 is 0 Å². The summed E-state index contributed by atoms with van der Waals surface area (Å²) in [6, 6.07) is 10.8. The van der Waals surface area contributed by atoms with Gasteiger partial charge in [0.05, 0.1) is 4.47 Å². The van der Waals surface area contributed by atoms with E-state index in [1.807, 2.05) is 6.07 Å². The zero-order valence-corrected chi connectivity index (χ0v) is 13.2. The van der Waals surface area contributed by atoms with Gasteiger partial charge in [0.15, 0.2) is 0 Å². The molecular weight excluding hydrogens is 319 g/mol. The monoisotopic (exact) mass is 336 g/mol. The number of halogens is 2. The van der Waals surface area contributed by atoms with Crippen LogP contribution in [-0.2, 0) is 12.8 Å². The van der Waals surface area contributed by atoms with Crippen LogP contribution in [0.1, 0.15) is 42.2 Å². The van der Waals surface area contributed by atoms with Gasteiger partial charge >= 0.3 is 0 Å². The van der Waals surface area contributed by atoms with Gasteiger partial charge in [-0.3, -0.25) is 0 Å². The molecule has 0 heterocycles. The average Bonchev–Trinajstić information content (AvgIpc) is 2.48. The summed E-state index contributed by atoms with van der Waals surface area (Å²) in [5.41, 5.74) is 3.92. The van der Waals surface area contributed by atoms with Gasteiger partial charge in [-0.1, -0.05) is 38.1 Å². The Hall–Kier alpha value is -1.19. The first-order chi connectivity index (χ1) is 9.56. The summed E-state index contributed by atoms with van der Waals surface area (Å²) in [5, 5.41) is 10.6. The Bertz CT molecular complexity index is 610. The molecule has 2 rings (SSSR count).